The zero-order valence-electron chi connectivity index (χ0n) is 22.1. The lowest BCUT2D eigenvalue weighted by atomic mass is 10.0. The Bertz CT molecular complexity index is 1740. The summed E-state index contributed by atoms with van der Waals surface area (Å²) in [4.78, 5) is 41.7. The van der Waals surface area contributed by atoms with Crippen molar-refractivity contribution in [3.63, 3.8) is 0 Å². The second kappa shape index (κ2) is 11.8. The number of H-pyrrole nitrogens is 1. The Morgan fingerprint density at radius 2 is 1.88 bits per heavy atom. The third-order valence-corrected chi connectivity index (χ3v) is 9.56. The smallest absolute Gasteiger partial charge is 0.356 e. The Balaban J connectivity index is 1.80. The molecule has 2 N–H and O–H groups in total. The van der Waals surface area contributed by atoms with Crippen LogP contribution in [-0.4, -0.2) is 54.2 Å². The van der Waals surface area contributed by atoms with E-state index in [0.29, 0.717) is 36.7 Å². The van der Waals surface area contributed by atoms with Crippen molar-refractivity contribution in [2.75, 3.05) is 25.4 Å². The maximum absolute atomic E-state index is 14.3. The van der Waals surface area contributed by atoms with E-state index in [4.69, 9.17) is 23.2 Å². The number of nitrogens with zero attached hydrogens (tertiary/aromatic N) is 2. The standard InChI is InChI=1S/C26H27Cl2F3N4O5S/c1-3-41(39,40)21-5-4-17(27)8-16(21)12-35-24(37)18-9-20(26(29,30)31)19(22(28)23(18)33-25(35)38)13-34-7-6-15(11-34)10-32-14(2)36/h4-5,8-9,15H,3,6-7,10-13H2,1-2H3,(H,32,36)(H,33,38)/t15-/m1/s1. The van der Waals surface area contributed by atoms with Crippen LogP contribution >= 0.6 is 23.2 Å². The van der Waals surface area contributed by atoms with Gasteiger partial charge in [0.25, 0.3) is 5.56 Å². The van der Waals surface area contributed by atoms with Gasteiger partial charge in [0.2, 0.25) is 5.91 Å². The molecule has 1 aliphatic heterocycles. The van der Waals surface area contributed by atoms with Crippen LogP contribution in [0.5, 0.6) is 0 Å². The molecule has 0 unspecified atom stereocenters. The van der Waals surface area contributed by atoms with Gasteiger partial charge in [0, 0.05) is 31.6 Å². The first-order valence-electron chi connectivity index (χ1n) is 12.7. The summed E-state index contributed by atoms with van der Waals surface area (Å²) in [7, 11) is -3.78. The van der Waals surface area contributed by atoms with Gasteiger partial charge in [-0.25, -0.2) is 13.2 Å². The number of hydrogen-bond acceptors (Lipinski definition) is 6. The summed E-state index contributed by atoms with van der Waals surface area (Å²) in [5, 5.41) is 1.98. The number of rotatable bonds is 8. The Kier molecular flexibility index (Phi) is 8.93. The van der Waals surface area contributed by atoms with Crippen LogP contribution in [0.25, 0.3) is 10.9 Å². The number of sulfone groups is 1. The van der Waals surface area contributed by atoms with Crippen LogP contribution in [0.1, 0.15) is 37.0 Å². The van der Waals surface area contributed by atoms with Gasteiger partial charge in [-0.1, -0.05) is 30.1 Å². The maximum Gasteiger partial charge on any atom is 0.416 e. The first kappa shape index (κ1) is 31.1. The highest BCUT2D eigenvalue weighted by Crippen LogP contribution is 2.39. The van der Waals surface area contributed by atoms with Gasteiger partial charge in [0.1, 0.15) is 0 Å². The van der Waals surface area contributed by atoms with Crippen LogP contribution in [0, 0.1) is 5.92 Å². The van der Waals surface area contributed by atoms with Crippen LogP contribution in [-0.2, 0) is 33.9 Å². The van der Waals surface area contributed by atoms with Crippen molar-refractivity contribution in [1.29, 1.82) is 0 Å². The fourth-order valence-corrected chi connectivity index (χ4v) is 6.60. The maximum atomic E-state index is 14.3. The molecule has 9 nitrogen and oxygen atoms in total. The molecule has 1 fully saturated rings. The molecule has 1 atom stereocenters. The summed E-state index contributed by atoms with van der Waals surface area (Å²) >= 11 is 12.5. The molecular formula is C26H27Cl2F3N4O5S. The van der Waals surface area contributed by atoms with Gasteiger partial charge in [0.15, 0.2) is 9.84 Å². The van der Waals surface area contributed by atoms with E-state index in [9.17, 15) is 36.0 Å². The summed E-state index contributed by atoms with van der Waals surface area (Å²) in [5.41, 5.74) is -3.67. The molecule has 1 aromatic heterocycles. The minimum absolute atomic E-state index is 0.0351. The molecule has 2 aromatic carbocycles. The summed E-state index contributed by atoms with van der Waals surface area (Å²) < 4.78 is 68.6. The molecule has 222 valence electrons. The third kappa shape index (κ3) is 6.63. The SMILES string of the molecule is CCS(=O)(=O)c1ccc(Cl)cc1Cn1c(=O)[nH]c2c(Cl)c(CN3CC[C@H](CNC(C)=O)C3)c(C(F)(F)F)cc2c1=O. The molecule has 2 heterocycles. The quantitative estimate of drug-likeness (QED) is 0.389. The zero-order valence-corrected chi connectivity index (χ0v) is 24.4. The number of benzene rings is 2. The van der Waals surface area contributed by atoms with Crippen LogP contribution in [0.2, 0.25) is 10.0 Å². The van der Waals surface area contributed by atoms with Crippen molar-refractivity contribution in [2.45, 2.75) is 44.4 Å². The minimum atomic E-state index is -4.87. The number of amides is 1. The van der Waals surface area contributed by atoms with Crippen molar-refractivity contribution in [3.05, 3.63) is 71.8 Å². The lowest BCUT2D eigenvalue weighted by Crippen LogP contribution is -2.36. The average Bonchev–Trinajstić information content (AvgIpc) is 3.34. The first-order chi connectivity index (χ1) is 19.1. The van der Waals surface area contributed by atoms with E-state index in [-0.39, 0.29) is 50.7 Å². The van der Waals surface area contributed by atoms with Gasteiger partial charge in [-0.2, -0.15) is 13.2 Å². The number of carbonyl (C=O) groups is 1. The van der Waals surface area contributed by atoms with Gasteiger partial charge in [-0.15, -0.1) is 0 Å². The third-order valence-electron chi connectivity index (χ3n) is 7.08. The number of carbonyl (C=O) groups excluding carboxylic acids is 1. The van der Waals surface area contributed by atoms with Gasteiger partial charge in [0.05, 0.1) is 38.7 Å². The molecule has 1 saturated heterocycles. The molecule has 0 bridgehead atoms. The fourth-order valence-electron chi connectivity index (χ4n) is 4.98. The average molecular weight is 635 g/mol. The molecule has 0 aliphatic carbocycles. The molecular weight excluding hydrogens is 608 g/mol. The predicted molar refractivity (Wildman–Crippen MR) is 149 cm³/mol. The zero-order chi connectivity index (χ0) is 30.3. The number of fused-ring (bicyclic) bond motifs is 1. The van der Waals surface area contributed by atoms with Crippen molar-refractivity contribution in [3.8, 4) is 0 Å². The van der Waals surface area contributed by atoms with Crippen molar-refractivity contribution in [2.24, 2.45) is 5.92 Å². The second-order valence-electron chi connectivity index (χ2n) is 9.94. The molecule has 0 radical (unpaired) electrons. The van der Waals surface area contributed by atoms with Gasteiger partial charge >= 0.3 is 11.9 Å². The van der Waals surface area contributed by atoms with Gasteiger partial charge < -0.3 is 10.3 Å². The minimum Gasteiger partial charge on any atom is -0.356 e. The number of nitrogens with one attached hydrogen (secondary N) is 2. The second-order valence-corrected chi connectivity index (χ2v) is 13.0. The highest BCUT2D eigenvalue weighted by Gasteiger charge is 2.37. The Hall–Kier alpha value is -2.87. The molecule has 0 spiro atoms. The lowest BCUT2D eigenvalue weighted by molar-refractivity contribution is -0.138. The molecule has 15 heteroatoms. The van der Waals surface area contributed by atoms with Crippen LogP contribution < -0.4 is 16.6 Å². The number of aromatic nitrogens is 2. The van der Waals surface area contributed by atoms with E-state index in [2.05, 4.69) is 10.3 Å². The molecule has 0 saturated carbocycles. The van der Waals surface area contributed by atoms with E-state index in [1.165, 1.54) is 32.0 Å². The highest BCUT2D eigenvalue weighted by molar-refractivity contribution is 7.91. The Morgan fingerprint density at radius 3 is 2.51 bits per heavy atom. The molecule has 3 aromatic rings. The van der Waals surface area contributed by atoms with E-state index in [1.807, 2.05) is 0 Å². The summed E-state index contributed by atoms with van der Waals surface area (Å²) in [5.74, 6) is -0.413. The number of hydrogen-bond donors (Lipinski definition) is 2. The molecule has 41 heavy (non-hydrogen) atoms. The molecule has 1 aliphatic rings. The Morgan fingerprint density at radius 1 is 1.17 bits per heavy atom. The summed E-state index contributed by atoms with van der Waals surface area (Å²) in [6.07, 6.45) is -4.21. The topological polar surface area (TPSA) is 121 Å². The first-order valence-corrected chi connectivity index (χ1v) is 15.1. The monoisotopic (exact) mass is 634 g/mol. The number of alkyl halides is 3. The number of likely N-dealkylation sites (tertiary alicyclic amines) is 1. The normalized spacial score (nSPS) is 16.4. The lowest BCUT2D eigenvalue weighted by Gasteiger charge is -2.22. The van der Waals surface area contributed by atoms with Crippen LogP contribution in [0.3, 0.4) is 0 Å². The number of halogens is 5. The highest BCUT2D eigenvalue weighted by atomic mass is 35.5. The summed E-state index contributed by atoms with van der Waals surface area (Å²) in [6, 6.07) is 4.55. The van der Waals surface area contributed by atoms with Crippen molar-refractivity contribution in [1.82, 2.24) is 19.8 Å². The van der Waals surface area contributed by atoms with E-state index in [1.54, 1.807) is 4.90 Å². The molecule has 4 rings (SSSR count). The number of aromatic amines is 1. The van der Waals surface area contributed by atoms with Crippen LogP contribution in [0.4, 0.5) is 13.2 Å². The predicted octanol–water partition coefficient (Wildman–Crippen LogP) is 3.82. The van der Waals surface area contributed by atoms with Crippen molar-refractivity contribution >= 4 is 49.8 Å². The van der Waals surface area contributed by atoms with Gasteiger partial charge in [-0.05, 0) is 54.3 Å². The van der Waals surface area contributed by atoms with Gasteiger partial charge in [-0.3, -0.25) is 19.1 Å². The largest absolute Gasteiger partial charge is 0.416 e. The van der Waals surface area contributed by atoms with Crippen LogP contribution in [0.15, 0.2) is 38.8 Å². The summed E-state index contributed by atoms with van der Waals surface area (Å²) in [6.45, 7) is 3.35. The Labute approximate surface area is 243 Å². The molecule has 1 amide bonds. The van der Waals surface area contributed by atoms with Crippen molar-refractivity contribution < 1.29 is 26.4 Å². The van der Waals surface area contributed by atoms with E-state index < -0.39 is 49.8 Å². The van der Waals surface area contributed by atoms with E-state index >= 15 is 0 Å². The van der Waals surface area contributed by atoms with E-state index in [0.717, 1.165) is 0 Å². The fraction of sp³-hybridized carbons (Fsp3) is 0.423.